The molecule has 0 amide bonds. The van der Waals surface area contributed by atoms with Crippen LogP contribution in [0.15, 0.2) is 46.6 Å². The number of nitrogens with zero attached hydrogens (tertiary/aromatic N) is 4. The lowest BCUT2D eigenvalue weighted by Crippen LogP contribution is -1.93. The lowest BCUT2D eigenvalue weighted by atomic mass is 10.1. The van der Waals surface area contributed by atoms with Crippen molar-refractivity contribution in [1.82, 2.24) is 9.55 Å². The first-order valence-corrected chi connectivity index (χ1v) is 7.55. The van der Waals surface area contributed by atoms with E-state index in [0.29, 0.717) is 5.95 Å². The number of fused-ring (bicyclic) bond motifs is 1. The van der Waals surface area contributed by atoms with Gasteiger partial charge < -0.3 is 4.57 Å². The minimum Gasteiger partial charge on any atom is -0.307 e. The van der Waals surface area contributed by atoms with Crippen LogP contribution >= 0.6 is 0 Å². The van der Waals surface area contributed by atoms with Crippen LogP contribution in [0, 0.1) is 20.8 Å². The molecule has 0 bridgehead atoms. The van der Waals surface area contributed by atoms with Crippen LogP contribution in [0.4, 0.5) is 11.6 Å². The fraction of sp³-hybridized carbons (Fsp3) is 0.278. The van der Waals surface area contributed by atoms with Crippen molar-refractivity contribution >= 4 is 22.7 Å². The summed E-state index contributed by atoms with van der Waals surface area (Å²) < 4.78 is 2.10. The molecule has 3 aromatic rings. The van der Waals surface area contributed by atoms with Gasteiger partial charge in [0.25, 0.3) is 0 Å². The normalized spacial score (nSPS) is 11.6. The fourth-order valence-electron chi connectivity index (χ4n) is 2.53. The zero-order chi connectivity index (χ0) is 15.7. The van der Waals surface area contributed by atoms with Crippen molar-refractivity contribution in [2.45, 2.75) is 34.2 Å². The maximum absolute atomic E-state index is 4.63. The third-order valence-corrected chi connectivity index (χ3v) is 4.02. The Labute approximate surface area is 130 Å². The molecule has 4 heteroatoms. The van der Waals surface area contributed by atoms with Crippen LogP contribution in [-0.4, -0.2) is 9.55 Å². The summed E-state index contributed by atoms with van der Waals surface area (Å²) in [4.78, 5) is 4.63. The maximum atomic E-state index is 4.63. The van der Waals surface area contributed by atoms with Gasteiger partial charge in [0.1, 0.15) is 0 Å². The smallest absolute Gasteiger partial charge is 0.250 e. The summed E-state index contributed by atoms with van der Waals surface area (Å²) in [5, 5.41) is 8.75. The predicted octanol–water partition coefficient (Wildman–Crippen LogP) is 5.40. The first-order chi connectivity index (χ1) is 10.6. The van der Waals surface area contributed by atoms with Gasteiger partial charge in [-0.3, -0.25) is 0 Å². The minimum atomic E-state index is 0.658. The molecule has 22 heavy (non-hydrogen) atoms. The van der Waals surface area contributed by atoms with E-state index in [9.17, 15) is 0 Å². The Morgan fingerprint density at radius 1 is 0.955 bits per heavy atom. The minimum absolute atomic E-state index is 0.658. The second-order valence-corrected chi connectivity index (χ2v) is 5.57. The first-order valence-electron chi connectivity index (χ1n) is 7.55. The lowest BCUT2D eigenvalue weighted by molar-refractivity contribution is 0.781. The summed E-state index contributed by atoms with van der Waals surface area (Å²) >= 11 is 0. The molecular formula is C18H20N4. The molecule has 0 fully saturated rings. The topological polar surface area (TPSA) is 42.5 Å². The van der Waals surface area contributed by atoms with E-state index in [1.165, 1.54) is 11.1 Å². The Bertz CT molecular complexity index is 859. The van der Waals surface area contributed by atoms with Crippen LogP contribution in [0.5, 0.6) is 0 Å². The van der Waals surface area contributed by atoms with Gasteiger partial charge in [-0.1, -0.05) is 18.2 Å². The van der Waals surface area contributed by atoms with Gasteiger partial charge >= 0.3 is 0 Å². The van der Waals surface area contributed by atoms with E-state index >= 15 is 0 Å². The molecule has 112 valence electrons. The van der Waals surface area contributed by atoms with Gasteiger partial charge in [0.15, 0.2) is 0 Å². The van der Waals surface area contributed by atoms with Crippen LogP contribution in [0.1, 0.15) is 23.6 Å². The van der Waals surface area contributed by atoms with Crippen molar-refractivity contribution in [2.75, 3.05) is 0 Å². The molecule has 0 atom stereocenters. The Hall–Kier alpha value is -2.49. The molecule has 0 spiro atoms. The molecule has 0 saturated heterocycles. The van der Waals surface area contributed by atoms with Crippen molar-refractivity contribution < 1.29 is 0 Å². The standard InChI is InChI=1S/C18H20N4/c1-5-22-17-11-14(4)13(3)10-16(17)19-18(22)21-20-15-9-7-6-8-12(15)2/h6-11H,5H2,1-4H3. The molecule has 2 aromatic carbocycles. The SMILES string of the molecule is CCn1c(N=Nc2ccccc2C)nc2cc(C)c(C)cc21. The highest BCUT2D eigenvalue weighted by Crippen LogP contribution is 2.27. The van der Waals surface area contributed by atoms with E-state index in [1.807, 2.05) is 31.2 Å². The zero-order valence-corrected chi connectivity index (χ0v) is 13.5. The number of rotatable bonds is 3. The van der Waals surface area contributed by atoms with Crippen LogP contribution in [0.2, 0.25) is 0 Å². The van der Waals surface area contributed by atoms with Gasteiger partial charge in [-0.25, -0.2) is 4.98 Å². The van der Waals surface area contributed by atoms with E-state index in [1.54, 1.807) is 0 Å². The number of azo groups is 1. The number of imidazole rings is 1. The molecule has 0 aliphatic carbocycles. The summed E-state index contributed by atoms with van der Waals surface area (Å²) in [6.45, 7) is 9.18. The van der Waals surface area contributed by atoms with Gasteiger partial charge in [-0.05, 0) is 62.6 Å². The highest BCUT2D eigenvalue weighted by molar-refractivity contribution is 5.80. The van der Waals surface area contributed by atoms with E-state index in [4.69, 9.17) is 0 Å². The average Bonchev–Trinajstić information content (AvgIpc) is 2.83. The van der Waals surface area contributed by atoms with E-state index in [2.05, 4.69) is 52.7 Å². The third kappa shape index (κ3) is 2.52. The first kappa shape index (κ1) is 14.4. The molecule has 4 nitrogen and oxygen atoms in total. The predicted molar refractivity (Wildman–Crippen MR) is 90.2 cm³/mol. The number of hydrogen-bond acceptors (Lipinski definition) is 3. The Morgan fingerprint density at radius 3 is 2.41 bits per heavy atom. The average molecular weight is 292 g/mol. The molecule has 0 saturated carbocycles. The Kier molecular flexibility index (Phi) is 3.75. The summed E-state index contributed by atoms with van der Waals surface area (Å²) in [7, 11) is 0. The number of aryl methyl sites for hydroxylation is 4. The summed E-state index contributed by atoms with van der Waals surface area (Å²) in [6, 6.07) is 12.3. The van der Waals surface area contributed by atoms with Gasteiger partial charge in [-0.15, -0.1) is 10.2 Å². The van der Waals surface area contributed by atoms with Crippen LogP contribution in [0.25, 0.3) is 11.0 Å². The van der Waals surface area contributed by atoms with Gasteiger partial charge in [0.05, 0.1) is 16.7 Å². The van der Waals surface area contributed by atoms with E-state index in [-0.39, 0.29) is 0 Å². The van der Waals surface area contributed by atoms with Crippen molar-refractivity contribution in [3.05, 3.63) is 53.1 Å². The van der Waals surface area contributed by atoms with Gasteiger partial charge in [0.2, 0.25) is 5.95 Å². The van der Waals surface area contributed by atoms with Crippen molar-refractivity contribution in [3.8, 4) is 0 Å². The highest BCUT2D eigenvalue weighted by Gasteiger charge is 2.10. The van der Waals surface area contributed by atoms with Crippen molar-refractivity contribution in [3.63, 3.8) is 0 Å². The Morgan fingerprint density at radius 2 is 1.68 bits per heavy atom. The Balaban J connectivity index is 2.09. The molecule has 1 aromatic heterocycles. The summed E-state index contributed by atoms with van der Waals surface area (Å²) in [5.41, 5.74) is 6.59. The second-order valence-electron chi connectivity index (χ2n) is 5.57. The quantitative estimate of drug-likeness (QED) is 0.596. The monoisotopic (exact) mass is 292 g/mol. The van der Waals surface area contributed by atoms with E-state index < -0.39 is 0 Å². The highest BCUT2D eigenvalue weighted by atomic mass is 15.3. The van der Waals surface area contributed by atoms with Crippen LogP contribution in [-0.2, 0) is 6.54 Å². The summed E-state index contributed by atoms with van der Waals surface area (Å²) in [6.07, 6.45) is 0. The molecule has 0 N–H and O–H groups in total. The zero-order valence-electron chi connectivity index (χ0n) is 13.5. The van der Waals surface area contributed by atoms with Crippen molar-refractivity contribution in [2.24, 2.45) is 10.2 Å². The van der Waals surface area contributed by atoms with Crippen LogP contribution < -0.4 is 0 Å². The fourth-order valence-corrected chi connectivity index (χ4v) is 2.53. The van der Waals surface area contributed by atoms with Crippen molar-refractivity contribution in [1.29, 1.82) is 0 Å². The molecule has 0 unspecified atom stereocenters. The molecule has 1 heterocycles. The largest absolute Gasteiger partial charge is 0.307 e. The van der Waals surface area contributed by atoms with Crippen LogP contribution in [0.3, 0.4) is 0 Å². The lowest BCUT2D eigenvalue weighted by Gasteiger charge is -2.03. The molecule has 3 rings (SSSR count). The van der Waals surface area contributed by atoms with Gasteiger partial charge in [-0.2, -0.15) is 0 Å². The van der Waals surface area contributed by atoms with Gasteiger partial charge in [0, 0.05) is 6.54 Å². The number of aromatic nitrogens is 2. The molecule has 0 aliphatic rings. The number of benzene rings is 2. The molecule has 0 aliphatic heterocycles. The summed E-state index contributed by atoms with van der Waals surface area (Å²) in [5.74, 6) is 0.658. The number of hydrogen-bond donors (Lipinski definition) is 0. The maximum Gasteiger partial charge on any atom is 0.250 e. The molecule has 0 radical (unpaired) electrons. The second kappa shape index (κ2) is 5.72. The third-order valence-electron chi connectivity index (χ3n) is 4.02. The van der Waals surface area contributed by atoms with E-state index in [0.717, 1.165) is 28.8 Å². The molecular weight excluding hydrogens is 272 g/mol.